The molecule has 3 aromatic heterocycles. The molecule has 4 aromatic rings. The highest BCUT2D eigenvalue weighted by Gasteiger charge is 2.33. The van der Waals surface area contributed by atoms with E-state index in [0.29, 0.717) is 6.61 Å². The SMILES string of the molecule is COCc1ccc(CN2CCc3c([nH]c4ccccc34)C2c2cccc(C)n2)o1. The van der Waals surface area contributed by atoms with E-state index in [4.69, 9.17) is 14.1 Å². The average molecular weight is 387 g/mol. The molecule has 1 aliphatic heterocycles. The first-order chi connectivity index (χ1) is 14.2. The zero-order chi connectivity index (χ0) is 19.8. The second kappa shape index (κ2) is 7.50. The van der Waals surface area contributed by atoms with E-state index in [9.17, 15) is 0 Å². The van der Waals surface area contributed by atoms with Crippen LogP contribution in [0.15, 0.2) is 59.0 Å². The van der Waals surface area contributed by atoms with Crippen molar-refractivity contribution in [3.8, 4) is 0 Å². The highest BCUT2D eigenvalue weighted by molar-refractivity contribution is 5.85. The Hall–Kier alpha value is -2.89. The van der Waals surface area contributed by atoms with Crippen LogP contribution in [0.4, 0.5) is 0 Å². The van der Waals surface area contributed by atoms with E-state index in [1.165, 1.54) is 22.2 Å². The van der Waals surface area contributed by atoms with Crippen molar-refractivity contribution >= 4 is 10.9 Å². The zero-order valence-corrected chi connectivity index (χ0v) is 16.8. The molecule has 5 heteroatoms. The van der Waals surface area contributed by atoms with E-state index in [-0.39, 0.29) is 6.04 Å². The number of methoxy groups -OCH3 is 1. The first kappa shape index (κ1) is 18.2. The molecule has 0 aliphatic carbocycles. The summed E-state index contributed by atoms with van der Waals surface area (Å²) in [6.07, 6.45) is 1.01. The van der Waals surface area contributed by atoms with Gasteiger partial charge in [0.1, 0.15) is 18.1 Å². The van der Waals surface area contributed by atoms with Gasteiger partial charge in [0.25, 0.3) is 0 Å². The van der Waals surface area contributed by atoms with Crippen molar-refractivity contribution in [3.63, 3.8) is 0 Å². The van der Waals surface area contributed by atoms with Gasteiger partial charge in [-0.3, -0.25) is 9.88 Å². The lowest BCUT2D eigenvalue weighted by molar-refractivity contribution is 0.152. The lowest BCUT2D eigenvalue weighted by Crippen LogP contribution is -2.36. The van der Waals surface area contributed by atoms with Crippen LogP contribution in [0.2, 0.25) is 0 Å². The topological polar surface area (TPSA) is 54.3 Å². The fourth-order valence-electron chi connectivity index (χ4n) is 4.44. The molecule has 1 aliphatic rings. The molecular weight excluding hydrogens is 362 g/mol. The van der Waals surface area contributed by atoms with Crippen molar-refractivity contribution in [3.05, 3.63) is 88.8 Å². The number of benzene rings is 1. The summed E-state index contributed by atoms with van der Waals surface area (Å²) in [5.41, 5.74) is 5.95. The molecule has 1 atom stereocenters. The number of hydrogen-bond donors (Lipinski definition) is 1. The van der Waals surface area contributed by atoms with Crippen LogP contribution in [-0.2, 0) is 24.3 Å². The molecule has 0 radical (unpaired) electrons. The first-order valence-corrected chi connectivity index (χ1v) is 10.1. The van der Waals surface area contributed by atoms with E-state index in [1.54, 1.807) is 7.11 Å². The molecule has 5 nitrogen and oxygen atoms in total. The van der Waals surface area contributed by atoms with E-state index in [0.717, 1.165) is 42.4 Å². The summed E-state index contributed by atoms with van der Waals surface area (Å²) < 4.78 is 11.2. The molecule has 0 fully saturated rings. The summed E-state index contributed by atoms with van der Waals surface area (Å²) in [5, 5.41) is 1.32. The van der Waals surface area contributed by atoms with Crippen LogP contribution in [0.3, 0.4) is 0 Å². The van der Waals surface area contributed by atoms with E-state index >= 15 is 0 Å². The Bertz CT molecular complexity index is 1140. The standard InChI is InChI=1S/C24H25N3O2/c1-16-6-5-9-22(25-16)24-23-20(19-7-3-4-8-21(19)26-23)12-13-27(24)14-17-10-11-18(29-17)15-28-2/h3-11,24,26H,12-15H2,1-2H3. The Morgan fingerprint density at radius 1 is 1.10 bits per heavy atom. The van der Waals surface area contributed by atoms with Gasteiger partial charge in [-0.15, -0.1) is 0 Å². The Balaban J connectivity index is 1.57. The van der Waals surface area contributed by atoms with Gasteiger partial charge in [-0.05, 0) is 49.2 Å². The average Bonchev–Trinajstić information content (AvgIpc) is 3.32. The van der Waals surface area contributed by atoms with E-state index in [2.05, 4.69) is 52.3 Å². The van der Waals surface area contributed by atoms with E-state index < -0.39 is 0 Å². The summed E-state index contributed by atoms with van der Waals surface area (Å²) in [6.45, 7) is 4.23. The number of aromatic nitrogens is 2. The van der Waals surface area contributed by atoms with Gasteiger partial charge < -0.3 is 14.1 Å². The second-order valence-electron chi connectivity index (χ2n) is 7.69. The van der Waals surface area contributed by atoms with Crippen molar-refractivity contribution in [2.75, 3.05) is 13.7 Å². The Morgan fingerprint density at radius 2 is 1.97 bits per heavy atom. The number of nitrogens with one attached hydrogen (secondary N) is 1. The molecule has 29 heavy (non-hydrogen) atoms. The van der Waals surface area contributed by atoms with Crippen molar-refractivity contribution in [1.29, 1.82) is 0 Å². The normalized spacial score (nSPS) is 17.0. The third-order valence-corrected chi connectivity index (χ3v) is 5.69. The Kier molecular flexibility index (Phi) is 4.70. The third-order valence-electron chi connectivity index (χ3n) is 5.69. The first-order valence-electron chi connectivity index (χ1n) is 10.1. The molecule has 5 rings (SSSR count). The summed E-state index contributed by atoms with van der Waals surface area (Å²) in [6, 6.07) is 19.0. The number of pyridine rings is 1. The number of H-pyrrole nitrogens is 1. The largest absolute Gasteiger partial charge is 0.462 e. The Labute approximate surface area is 170 Å². The fraction of sp³-hybridized carbons (Fsp3) is 0.292. The van der Waals surface area contributed by atoms with Crippen LogP contribution >= 0.6 is 0 Å². The molecule has 0 saturated heterocycles. The summed E-state index contributed by atoms with van der Waals surface area (Å²) in [4.78, 5) is 11.0. The predicted molar refractivity (Wildman–Crippen MR) is 113 cm³/mol. The number of aromatic amines is 1. The van der Waals surface area contributed by atoms with Gasteiger partial charge >= 0.3 is 0 Å². The lowest BCUT2D eigenvalue weighted by atomic mass is 9.94. The molecule has 4 heterocycles. The van der Waals surface area contributed by atoms with Crippen molar-refractivity contribution in [1.82, 2.24) is 14.9 Å². The predicted octanol–water partition coefficient (Wildman–Crippen LogP) is 4.76. The number of aryl methyl sites for hydroxylation is 1. The van der Waals surface area contributed by atoms with Gasteiger partial charge in [0, 0.05) is 35.9 Å². The number of furan rings is 1. The Morgan fingerprint density at radius 3 is 2.83 bits per heavy atom. The third kappa shape index (κ3) is 3.37. The maximum atomic E-state index is 5.98. The number of fused-ring (bicyclic) bond motifs is 3. The summed E-state index contributed by atoms with van der Waals surface area (Å²) in [7, 11) is 1.68. The number of nitrogens with zero attached hydrogens (tertiary/aromatic N) is 2. The van der Waals surface area contributed by atoms with Gasteiger partial charge in [-0.2, -0.15) is 0 Å². The van der Waals surface area contributed by atoms with Crippen LogP contribution in [0.5, 0.6) is 0 Å². The van der Waals surface area contributed by atoms with Crippen LogP contribution in [0, 0.1) is 6.92 Å². The number of para-hydroxylation sites is 1. The molecule has 0 amide bonds. The number of rotatable bonds is 5. The van der Waals surface area contributed by atoms with E-state index in [1.807, 2.05) is 19.1 Å². The molecule has 148 valence electrons. The van der Waals surface area contributed by atoms with Gasteiger partial charge in [0.15, 0.2) is 0 Å². The van der Waals surface area contributed by atoms with Crippen molar-refractivity contribution in [2.45, 2.75) is 32.5 Å². The van der Waals surface area contributed by atoms with Crippen molar-refractivity contribution in [2.24, 2.45) is 0 Å². The lowest BCUT2D eigenvalue weighted by Gasteiger charge is -2.35. The minimum Gasteiger partial charge on any atom is -0.462 e. The minimum atomic E-state index is 0.0713. The number of ether oxygens (including phenoxy) is 1. The molecule has 1 unspecified atom stereocenters. The molecule has 0 bridgehead atoms. The van der Waals surface area contributed by atoms with Gasteiger partial charge in [0.05, 0.1) is 18.3 Å². The van der Waals surface area contributed by atoms with Crippen LogP contribution < -0.4 is 0 Å². The maximum Gasteiger partial charge on any atom is 0.129 e. The quantitative estimate of drug-likeness (QED) is 0.536. The fourth-order valence-corrected chi connectivity index (χ4v) is 4.44. The molecule has 1 aromatic carbocycles. The van der Waals surface area contributed by atoms with Crippen molar-refractivity contribution < 1.29 is 9.15 Å². The monoisotopic (exact) mass is 387 g/mol. The second-order valence-corrected chi connectivity index (χ2v) is 7.69. The summed E-state index contributed by atoms with van der Waals surface area (Å²) in [5.74, 6) is 1.81. The highest BCUT2D eigenvalue weighted by atomic mass is 16.5. The highest BCUT2D eigenvalue weighted by Crippen LogP contribution is 2.38. The van der Waals surface area contributed by atoms with Gasteiger partial charge in [-0.1, -0.05) is 24.3 Å². The molecular formula is C24H25N3O2. The minimum absolute atomic E-state index is 0.0713. The van der Waals surface area contributed by atoms with Crippen LogP contribution in [0.25, 0.3) is 10.9 Å². The maximum absolute atomic E-state index is 5.98. The van der Waals surface area contributed by atoms with Crippen LogP contribution in [0.1, 0.15) is 40.2 Å². The number of hydrogen-bond acceptors (Lipinski definition) is 4. The molecule has 1 N–H and O–H groups in total. The summed E-state index contributed by atoms with van der Waals surface area (Å²) >= 11 is 0. The molecule has 0 spiro atoms. The zero-order valence-electron chi connectivity index (χ0n) is 16.8. The smallest absolute Gasteiger partial charge is 0.129 e. The van der Waals surface area contributed by atoms with Gasteiger partial charge in [0.2, 0.25) is 0 Å². The molecule has 0 saturated carbocycles. The van der Waals surface area contributed by atoms with Crippen LogP contribution in [-0.4, -0.2) is 28.5 Å². The van der Waals surface area contributed by atoms with Gasteiger partial charge in [-0.25, -0.2) is 0 Å².